The lowest BCUT2D eigenvalue weighted by atomic mass is 9.86. The molecule has 0 fully saturated rings. The fourth-order valence-corrected chi connectivity index (χ4v) is 5.72. The number of hydrogen-bond acceptors (Lipinski definition) is 11. The van der Waals surface area contributed by atoms with E-state index in [2.05, 4.69) is 10.6 Å². The average molecular weight is 641 g/mol. The molecule has 0 saturated carbocycles. The highest BCUT2D eigenvalue weighted by Gasteiger charge is 2.45. The summed E-state index contributed by atoms with van der Waals surface area (Å²) in [5.74, 6) is -1.24. The minimum atomic E-state index is -1.91. The monoisotopic (exact) mass is 640 g/mol. The molecule has 14 nitrogen and oxygen atoms in total. The van der Waals surface area contributed by atoms with Gasteiger partial charge in [0.15, 0.2) is 11.4 Å². The lowest BCUT2D eigenvalue weighted by Gasteiger charge is -2.31. The Morgan fingerprint density at radius 2 is 1.94 bits per heavy atom. The molecule has 242 valence electrons. The number of rotatable bonds is 9. The molecule has 2 aromatic heterocycles. The second-order valence-corrected chi connectivity index (χ2v) is 11.2. The van der Waals surface area contributed by atoms with Gasteiger partial charge in [0, 0.05) is 42.2 Å². The molecule has 2 aliphatic heterocycles. The van der Waals surface area contributed by atoms with Crippen molar-refractivity contribution >= 4 is 40.6 Å². The minimum Gasteiger partial charge on any atom is -0.458 e. The predicted molar refractivity (Wildman–Crippen MR) is 170 cm³/mol. The second-order valence-electron chi connectivity index (χ2n) is 11.2. The number of nitrogens with zero attached hydrogens (tertiary/aromatic N) is 2. The van der Waals surface area contributed by atoms with E-state index in [9.17, 15) is 24.3 Å². The number of hydroxylamine groups is 1. The van der Waals surface area contributed by atoms with Gasteiger partial charge in [-0.2, -0.15) is 0 Å². The first-order valence-corrected chi connectivity index (χ1v) is 14.9. The number of aliphatic hydroxyl groups is 1. The third-order valence-electron chi connectivity index (χ3n) is 8.31. The molecule has 47 heavy (non-hydrogen) atoms. The van der Waals surface area contributed by atoms with Crippen LogP contribution in [0.3, 0.4) is 0 Å². The van der Waals surface area contributed by atoms with Crippen LogP contribution >= 0.6 is 0 Å². The molecule has 2 aliphatic rings. The lowest BCUT2D eigenvalue weighted by Crippen LogP contribution is -2.44. The maximum absolute atomic E-state index is 13.4. The Hall–Kier alpha value is -5.57. The molecule has 0 radical (unpaired) electrons. The topological polar surface area (TPSA) is 207 Å². The van der Waals surface area contributed by atoms with Crippen molar-refractivity contribution in [2.45, 2.75) is 38.6 Å². The Morgan fingerprint density at radius 1 is 1.15 bits per heavy atom. The number of esters is 1. The van der Waals surface area contributed by atoms with Crippen LogP contribution in [0.25, 0.3) is 28.4 Å². The Bertz CT molecular complexity index is 2010. The minimum absolute atomic E-state index is 0.0491. The van der Waals surface area contributed by atoms with Crippen molar-refractivity contribution in [2.75, 3.05) is 18.8 Å². The van der Waals surface area contributed by atoms with Crippen molar-refractivity contribution in [3.8, 4) is 17.1 Å². The van der Waals surface area contributed by atoms with Crippen molar-refractivity contribution in [3.63, 3.8) is 0 Å². The molecule has 0 bridgehead atoms. The SMILES string of the molecule is CC[C@@]1(O)C(=O)OCc2c1cc1n(c2=O)Cc2cc3c(N)c(OC(=O)NCCNCc4ccc(/C=C/C(=O)NO)cc4)ccc3nc2-1. The van der Waals surface area contributed by atoms with E-state index < -0.39 is 23.6 Å². The average Bonchev–Trinajstić information content (AvgIpc) is 3.44. The first-order chi connectivity index (χ1) is 22.6. The first-order valence-electron chi connectivity index (χ1n) is 14.9. The maximum atomic E-state index is 13.4. The Morgan fingerprint density at radius 3 is 2.68 bits per heavy atom. The highest BCUT2D eigenvalue weighted by Crippen LogP contribution is 2.40. The van der Waals surface area contributed by atoms with Crippen molar-refractivity contribution < 1.29 is 34.2 Å². The summed E-state index contributed by atoms with van der Waals surface area (Å²) in [6.45, 7) is 2.96. The van der Waals surface area contributed by atoms with Crippen molar-refractivity contribution in [1.29, 1.82) is 0 Å². The lowest BCUT2D eigenvalue weighted by molar-refractivity contribution is -0.172. The molecule has 7 N–H and O–H groups in total. The van der Waals surface area contributed by atoms with E-state index in [1.54, 1.807) is 37.3 Å². The fourth-order valence-electron chi connectivity index (χ4n) is 5.72. The zero-order valence-corrected chi connectivity index (χ0v) is 25.3. The van der Waals surface area contributed by atoms with Crippen LogP contribution in [0.1, 0.15) is 41.2 Å². The number of ether oxygens (including phenoxy) is 2. The van der Waals surface area contributed by atoms with Crippen LogP contribution in [0.5, 0.6) is 5.75 Å². The highest BCUT2D eigenvalue weighted by atomic mass is 16.6. The van der Waals surface area contributed by atoms with Gasteiger partial charge in [-0.15, -0.1) is 0 Å². The third kappa shape index (κ3) is 5.92. The van der Waals surface area contributed by atoms with Gasteiger partial charge < -0.3 is 35.5 Å². The van der Waals surface area contributed by atoms with Crippen LogP contribution in [0.2, 0.25) is 0 Å². The van der Waals surface area contributed by atoms with E-state index in [0.29, 0.717) is 47.5 Å². The van der Waals surface area contributed by atoms with Gasteiger partial charge >= 0.3 is 12.1 Å². The first kappa shape index (κ1) is 31.4. The Labute approximate surface area is 267 Å². The normalized spacial score (nSPS) is 16.4. The van der Waals surface area contributed by atoms with E-state index in [0.717, 1.165) is 11.1 Å². The van der Waals surface area contributed by atoms with E-state index in [-0.39, 0.29) is 47.7 Å². The molecule has 2 amide bonds. The van der Waals surface area contributed by atoms with Crippen molar-refractivity contribution in [2.24, 2.45) is 0 Å². The molecule has 0 unspecified atom stereocenters. The Balaban J connectivity index is 1.09. The van der Waals surface area contributed by atoms with Gasteiger partial charge in [0.05, 0.1) is 34.7 Å². The maximum Gasteiger partial charge on any atom is 0.412 e. The number of carbonyl (C=O) groups is 3. The summed E-state index contributed by atoms with van der Waals surface area (Å²) in [5.41, 5.74) is 10.4. The number of anilines is 1. The molecular weight excluding hydrogens is 608 g/mol. The van der Waals surface area contributed by atoms with Crippen LogP contribution in [-0.4, -0.2) is 50.9 Å². The quantitative estimate of drug-likeness (QED) is 0.0343. The largest absolute Gasteiger partial charge is 0.458 e. The number of pyridine rings is 2. The Kier molecular flexibility index (Phi) is 8.47. The number of nitrogens with two attached hydrogens (primary N) is 1. The van der Waals surface area contributed by atoms with Crippen LogP contribution in [-0.2, 0) is 39.6 Å². The zero-order chi connectivity index (χ0) is 33.3. The summed E-state index contributed by atoms with van der Waals surface area (Å²) < 4.78 is 12.1. The number of amides is 2. The second kappa shape index (κ2) is 12.7. The summed E-state index contributed by atoms with van der Waals surface area (Å²) in [4.78, 5) is 54.2. The summed E-state index contributed by atoms with van der Waals surface area (Å²) in [6, 6.07) is 14.1. The molecule has 2 aromatic carbocycles. The number of fused-ring (bicyclic) bond motifs is 5. The molecule has 0 saturated heterocycles. The van der Waals surface area contributed by atoms with E-state index in [1.165, 1.54) is 16.1 Å². The standard InChI is InChI=1S/C33H32N6O8/c1-2-33(44)23-14-25-29-20(16-39(25)30(41)22(23)17-46-31(33)42)13-21-24(37-29)8-9-26(28(21)34)47-32(43)36-12-11-35-15-19-5-3-18(4-6-19)7-10-27(40)38-45/h3-10,13-14,35,44-45H,2,11-12,15-17,34H2,1H3,(H,36,43)(H,38,40)/b10-7+/t33-/m0/s1. The van der Waals surface area contributed by atoms with Crippen molar-refractivity contribution in [1.82, 2.24) is 25.7 Å². The molecule has 6 rings (SSSR count). The van der Waals surface area contributed by atoms with E-state index >= 15 is 0 Å². The smallest absolute Gasteiger partial charge is 0.412 e. The number of cyclic esters (lactones) is 1. The third-order valence-corrected chi connectivity index (χ3v) is 8.31. The summed E-state index contributed by atoms with van der Waals surface area (Å²) >= 11 is 0. The number of carbonyl (C=O) groups excluding carboxylic acids is 3. The summed E-state index contributed by atoms with van der Waals surface area (Å²) in [6.07, 6.45) is 2.16. The molecule has 1 atom stereocenters. The zero-order valence-electron chi connectivity index (χ0n) is 25.3. The van der Waals surface area contributed by atoms with Crippen LogP contribution in [0.4, 0.5) is 10.5 Å². The van der Waals surface area contributed by atoms with Gasteiger partial charge in [0.2, 0.25) is 0 Å². The van der Waals surface area contributed by atoms with Gasteiger partial charge in [0.25, 0.3) is 11.5 Å². The van der Waals surface area contributed by atoms with Gasteiger partial charge in [0.1, 0.15) is 6.61 Å². The fraction of sp³-hybridized carbons (Fsp3) is 0.242. The molecule has 14 heteroatoms. The van der Waals surface area contributed by atoms with E-state index in [4.69, 9.17) is 25.4 Å². The van der Waals surface area contributed by atoms with Crippen molar-refractivity contribution in [3.05, 3.63) is 92.8 Å². The molecule has 4 aromatic rings. The number of nitrogen functional groups attached to an aromatic ring is 1. The summed E-state index contributed by atoms with van der Waals surface area (Å²) in [5, 5.41) is 26.0. The van der Waals surface area contributed by atoms with Crippen LogP contribution in [0.15, 0.2) is 59.4 Å². The van der Waals surface area contributed by atoms with Gasteiger partial charge in [-0.3, -0.25) is 14.8 Å². The predicted octanol–water partition coefficient (Wildman–Crippen LogP) is 2.06. The van der Waals surface area contributed by atoms with Crippen LogP contribution in [0, 0.1) is 0 Å². The highest BCUT2D eigenvalue weighted by molar-refractivity contribution is 5.97. The van der Waals surface area contributed by atoms with E-state index in [1.807, 2.05) is 24.3 Å². The molecule has 0 spiro atoms. The number of hydrogen-bond donors (Lipinski definition) is 6. The number of aromatic nitrogens is 2. The molecular formula is C33H32N6O8. The number of benzene rings is 2. The number of nitrogens with one attached hydrogen (secondary N) is 3. The van der Waals surface area contributed by atoms with Gasteiger partial charge in [-0.05, 0) is 47.9 Å². The van der Waals surface area contributed by atoms with Crippen LogP contribution < -0.4 is 32.1 Å². The molecule has 0 aliphatic carbocycles. The molecule has 4 heterocycles. The van der Waals surface area contributed by atoms with Gasteiger partial charge in [-0.1, -0.05) is 31.2 Å². The summed E-state index contributed by atoms with van der Waals surface area (Å²) in [7, 11) is 0. The van der Waals surface area contributed by atoms with Gasteiger partial charge in [-0.25, -0.2) is 20.1 Å².